The van der Waals surface area contributed by atoms with Gasteiger partial charge in [0.25, 0.3) is 0 Å². The first-order valence-corrected chi connectivity index (χ1v) is 11.8. The van der Waals surface area contributed by atoms with Crippen LogP contribution in [0.25, 0.3) is 20.8 Å². The van der Waals surface area contributed by atoms with Gasteiger partial charge >= 0.3 is 0 Å². The van der Waals surface area contributed by atoms with E-state index >= 15 is 0 Å². The molecular formula is C23H25N7O3S. The van der Waals surface area contributed by atoms with Gasteiger partial charge in [0.2, 0.25) is 5.95 Å². The van der Waals surface area contributed by atoms with E-state index in [-0.39, 0.29) is 6.61 Å². The number of hydrogen-bond acceptors (Lipinski definition) is 11. The van der Waals surface area contributed by atoms with Crippen molar-refractivity contribution < 1.29 is 15.3 Å². The topological polar surface area (TPSA) is 149 Å². The van der Waals surface area contributed by atoms with Crippen LogP contribution >= 0.6 is 11.3 Å². The molecule has 1 aliphatic rings. The van der Waals surface area contributed by atoms with Crippen molar-refractivity contribution in [3.63, 3.8) is 0 Å². The lowest BCUT2D eigenvalue weighted by Gasteiger charge is -2.20. The molecule has 0 aliphatic heterocycles. The number of fused-ring (bicyclic) bond motifs is 1. The summed E-state index contributed by atoms with van der Waals surface area (Å²) in [6, 6.07) is 5.16. The second-order valence-corrected chi connectivity index (χ2v) is 9.52. The van der Waals surface area contributed by atoms with E-state index in [1.807, 2.05) is 32.0 Å². The number of anilines is 3. The zero-order chi connectivity index (χ0) is 23.8. The van der Waals surface area contributed by atoms with Crippen molar-refractivity contribution in [3.05, 3.63) is 48.2 Å². The van der Waals surface area contributed by atoms with E-state index in [0.717, 1.165) is 27.3 Å². The molecule has 11 heteroatoms. The highest BCUT2D eigenvalue weighted by Crippen LogP contribution is 2.36. The smallest absolute Gasteiger partial charge is 0.229 e. The third-order valence-electron chi connectivity index (χ3n) is 5.91. The predicted molar refractivity (Wildman–Crippen MR) is 130 cm³/mol. The van der Waals surface area contributed by atoms with Gasteiger partial charge in [-0.1, -0.05) is 0 Å². The zero-order valence-electron chi connectivity index (χ0n) is 18.7. The summed E-state index contributed by atoms with van der Waals surface area (Å²) in [6.07, 6.45) is 3.49. The number of nitrogens with zero attached hydrogens (tertiary/aromatic N) is 5. The van der Waals surface area contributed by atoms with Crippen LogP contribution < -0.4 is 10.6 Å². The van der Waals surface area contributed by atoms with Crippen molar-refractivity contribution in [1.29, 1.82) is 0 Å². The van der Waals surface area contributed by atoms with Crippen LogP contribution in [0, 0.1) is 19.8 Å². The Morgan fingerprint density at radius 3 is 2.56 bits per heavy atom. The summed E-state index contributed by atoms with van der Waals surface area (Å²) in [5, 5.41) is 37.6. The first kappa shape index (κ1) is 22.5. The van der Waals surface area contributed by atoms with Gasteiger partial charge in [0, 0.05) is 48.2 Å². The first-order chi connectivity index (χ1) is 16.4. The number of aryl methyl sites for hydroxylation is 2. The van der Waals surface area contributed by atoms with Crippen LogP contribution in [0.4, 0.5) is 17.5 Å². The van der Waals surface area contributed by atoms with Gasteiger partial charge < -0.3 is 26.0 Å². The summed E-state index contributed by atoms with van der Waals surface area (Å²) < 4.78 is 0.935. The fourth-order valence-corrected chi connectivity index (χ4v) is 5.21. The largest absolute Gasteiger partial charge is 0.396 e. The van der Waals surface area contributed by atoms with Crippen molar-refractivity contribution in [3.8, 4) is 10.6 Å². The number of aromatic nitrogens is 5. The van der Waals surface area contributed by atoms with Crippen molar-refractivity contribution in [2.24, 2.45) is 5.92 Å². The molecule has 0 saturated heterocycles. The van der Waals surface area contributed by atoms with Crippen LogP contribution in [0.1, 0.15) is 17.8 Å². The van der Waals surface area contributed by atoms with Crippen LogP contribution in [0.3, 0.4) is 0 Å². The van der Waals surface area contributed by atoms with Gasteiger partial charge in [-0.15, -0.1) is 11.3 Å². The fraction of sp³-hybridized carbons (Fsp3) is 0.348. The molecule has 0 bridgehead atoms. The highest BCUT2D eigenvalue weighted by molar-refractivity contribution is 7.21. The van der Waals surface area contributed by atoms with Gasteiger partial charge in [0.05, 0.1) is 27.9 Å². The first-order valence-electron chi connectivity index (χ1n) is 10.9. The average molecular weight is 480 g/mol. The standard InChI is InChI=1S/C23H25N7O3S/c1-11-5-14(6-12(2)26-11)27-23-25-8-15(22-29-16-3-4-24-9-18(16)34-22)21(30-23)28-17-7-13(10-31)19(32)20(17)33/h3-6,8-9,13,17,19-20,31-33H,7,10H2,1-2H3,(H2,25,26,27,28,30)/t13-,17-,19-,20+/m1/s1. The Hall–Kier alpha value is -3.25. The van der Waals surface area contributed by atoms with E-state index in [4.69, 9.17) is 4.98 Å². The Labute approximate surface area is 199 Å². The van der Waals surface area contributed by atoms with E-state index in [1.54, 1.807) is 18.6 Å². The molecule has 1 saturated carbocycles. The van der Waals surface area contributed by atoms with Crippen molar-refractivity contribution in [2.45, 2.75) is 38.5 Å². The molecular weight excluding hydrogens is 454 g/mol. The highest BCUT2D eigenvalue weighted by Gasteiger charge is 2.41. The molecule has 0 radical (unpaired) electrons. The lowest BCUT2D eigenvalue weighted by molar-refractivity contribution is 0.00446. The molecule has 34 heavy (non-hydrogen) atoms. The van der Waals surface area contributed by atoms with Crippen LogP contribution in [0.15, 0.2) is 36.8 Å². The Morgan fingerprint density at radius 1 is 1.06 bits per heavy atom. The number of hydrogen-bond donors (Lipinski definition) is 5. The molecule has 0 amide bonds. The van der Waals surface area contributed by atoms with Crippen molar-refractivity contribution in [1.82, 2.24) is 24.9 Å². The summed E-state index contributed by atoms with van der Waals surface area (Å²) >= 11 is 1.47. The second-order valence-electron chi connectivity index (χ2n) is 8.49. The molecule has 5 N–H and O–H groups in total. The number of thiazole rings is 1. The summed E-state index contributed by atoms with van der Waals surface area (Å²) in [4.78, 5) is 22.4. The quantitative estimate of drug-likeness (QED) is 0.279. The molecule has 4 atom stereocenters. The lowest BCUT2D eigenvalue weighted by atomic mass is 10.1. The Morgan fingerprint density at radius 2 is 1.85 bits per heavy atom. The van der Waals surface area contributed by atoms with Gasteiger partial charge in [-0.25, -0.2) is 9.97 Å². The monoisotopic (exact) mass is 479 g/mol. The summed E-state index contributed by atoms with van der Waals surface area (Å²) in [5.41, 5.74) is 4.05. The SMILES string of the molecule is Cc1cc(Nc2ncc(-c3nc4ccncc4s3)c(N[C@@H]3C[C@H](CO)[C@@H](O)[C@H]3O)n2)cc(C)n1. The number of aliphatic hydroxyl groups excluding tert-OH is 3. The average Bonchev–Trinajstić information content (AvgIpc) is 3.35. The van der Waals surface area contributed by atoms with Crippen LogP contribution in [-0.4, -0.2) is 65.1 Å². The third-order valence-corrected chi connectivity index (χ3v) is 6.95. The number of rotatable bonds is 6. The predicted octanol–water partition coefficient (Wildman–Crippen LogP) is 2.42. The molecule has 176 valence electrons. The molecule has 4 aromatic heterocycles. The lowest BCUT2D eigenvalue weighted by Crippen LogP contribution is -2.35. The zero-order valence-corrected chi connectivity index (χ0v) is 19.5. The normalized spacial score (nSPS) is 22.3. The van der Waals surface area contributed by atoms with E-state index in [1.165, 1.54) is 11.3 Å². The second kappa shape index (κ2) is 9.18. The Bertz CT molecular complexity index is 1280. The van der Waals surface area contributed by atoms with Crippen LogP contribution in [0.2, 0.25) is 0 Å². The molecule has 1 fully saturated rings. The minimum atomic E-state index is -1.04. The fourth-order valence-electron chi connectivity index (χ4n) is 4.26. The summed E-state index contributed by atoms with van der Waals surface area (Å²) in [7, 11) is 0. The van der Waals surface area contributed by atoms with Gasteiger partial charge in [-0.2, -0.15) is 4.98 Å². The van der Waals surface area contributed by atoms with Gasteiger partial charge in [-0.3, -0.25) is 9.97 Å². The molecule has 1 aliphatic carbocycles. The van der Waals surface area contributed by atoms with Crippen LogP contribution in [0.5, 0.6) is 0 Å². The maximum Gasteiger partial charge on any atom is 0.229 e. The molecule has 4 heterocycles. The van der Waals surface area contributed by atoms with Crippen molar-refractivity contribution in [2.75, 3.05) is 17.2 Å². The molecule has 0 aromatic carbocycles. The van der Waals surface area contributed by atoms with E-state index in [9.17, 15) is 15.3 Å². The number of aliphatic hydroxyl groups is 3. The molecule has 10 nitrogen and oxygen atoms in total. The summed E-state index contributed by atoms with van der Waals surface area (Å²) in [5.74, 6) is 0.430. The maximum atomic E-state index is 10.6. The molecule has 5 rings (SSSR count). The third kappa shape index (κ3) is 4.42. The number of nitrogens with one attached hydrogen (secondary N) is 2. The molecule has 4 aromatic rings. The van der Waals surface area contributed by atoms with Gasteiger partial charge in [0.15, 0.2) is 0 Å². The Kier molecular flexibility index (Phi) is 6.09. The van der Waals surface area contributed by atoms with Gasteiger partial charge in [-0.05, 0) is 38.5 Å². The Balaban J connectivity index is 1.52. The maximum absolute atomic E-state index is 10.6. The van der Waals surface area contributed by atoms with Crippen molar-refractivity contribution >= 4 is 39.0 Å². The number of pyridine rings is 2. The van der Waals surface area contributed by atoms with Crippen LogP contribution in [-0.2, 0) is 0 Å². The summed E-state index contributed by atoms with van der Waals surface area (Å²) in [6.45, 7) is 3.63. The molecule has 0 unspecified atom stereocenters. The highest BCUT2D eigenvalue weighted by atomic mass is 32.1. The van der Waals surface area contributed by atoms with E-state index in [2.05, 4.69) is 30.6 Å². The minimum absolute atomic E-state index is 0.203. The minimum Gasteiger partial charge on any atom is -0.396 e. The van der Waals surface area contributed by atoms with E-state index < -0.39 is 24.2 Å². The van der Waals surface area contributed by atoms with E-state index in [0.29, 0.717) is 28.8 Å². The van der Waals surface area contributed by atoms with Gasteiger partial charge in [0.1, 0.15) is 16.9 Å². The molecule has 0 spiro atoms.